The summed E-state index contributed by atoms with van der Waals surface area (Å²) in [7, 11) is 0. The van der Waals surface area contributed by atoms with Crippen LogP contribution in [0.5, 0.6) is 0 Å². The molecule has 29 heavy (non-hydrogen) atoms. The van der Waals surface area contributed by atoms with Gasteiger partial charge in [-0.15, -0.1) is 0 Å². The van der Waals surface area contributed by atoms with E-state index in [2.05, 4.69) is 5.32 Å². The lowest BCUT2D eigenvalue weighted by Crippen LogP contribution is -2.23. The van der Waals surface area contributed by atoms with Crippen LogP contribution in [0.3, 0.4) is 0 Å². The molecule has 1 N–H and O–H groups in total. The van der Waals surface area contributed by atoms with Crippen molar-refractivity contribution in [1.29, 1.82) is 0 Å². The molecule has 1 aromatic heterocycles. The summed E-state index contributed by atoms with van der Waals surface area (Å²) in [5, 5.41) is 13.6. The Labute approximate surface area is 167 Å². The first-order valence-electron chi connectivity index (χ1n) is 9.07. The third-order valence-corrected chi connectivity index (χ3v) is 4.76. The van der Waals surface area contributed by atoms with Gasteiger partial charge in [-0.05, 0) is 49.6 Å². The van der Waals surface area contributed by atoms with Crippen molar-refractivity contribution in [3.05, 3.63) is 103 Å². The molecule has 7 heteroatoms. The Morgan fingerprint density at radius 3 is 2.48 bits per heavy atom. The first kappa shape index (κ1) is 20.0. The van der Waals surface area contributed by atoms with Gasteiger partial charge in [0.2, 0.25) is 0 Å². The highest BCUT2D eigenvalue weighted by atomic mass is 16.6. The van der Waals surface area contributed by atoms with E-state index in [0.29, 0.717) is 23.4 Å². The minimum atomic E-state index is -0.484. The Bertz CT molecular complexity index is 1160. The Balaban J connectivity index is 1.85. The number of nitro benzene ring substituents is 1. The average Bonchev–Trinajstić information content (AvgIpc) is 2.67. The van der Waals surface area contributed by atoms with E-state index in [1.54, 1.807) is 6.92 Å². The smallest absolute Gasteiger partial charge is 0.269 e. The van der Waals surface area contributed by atoms with Crippen LogP contribution in [0.2, 0.25) is 0 Å². The van der Waals surface area contributed by atoms with Crippen LogP contribution >= 0.6 is 0 Å². The molecule has 1 amide bonds. The molecule has 1 heterocycles. The van der Waals surface area contributed by atoms with Crippen molar-refractivity contribution < 1.29 is 9.72 Å². The maximum absolute atomic E-state index is 12.7. The Morgan fingerprint density at radius 2 is 1.79 bits per heavy atom. The second-order valence-corrected chi connectivity index (χ2v) is 7.02. The summed E-state index contributed by atoms with van der Waals surface area (Å²) in [6.45, 7) is 6.02. The number of pyridine rings is 1. The highest BCUT2D eigenvalue weighted by Crippen LogP contribution is 2.21. The molecule has 0 aliphatic rings. The minimum absolute atomic E-state index is 0.0393. The third-order valence-electron chi connectivity index (χ3n) is 4.76. The van der Waals surface area contributed by atoms with Crippen molar-refractivity contribution in [3.8, 4) is 0 Å². The molecule has 7 nitrogen and oxygen atoms in total. The predicted molar refractivity (Wildman–Crippen MR) is 112 cm³/mol. The molecule has 0 fully saturated rings. The quantitative estimate of drug-likeness (QED) is 0.526. The number of carbonyl (C=O) groups excluding carboxylic acids is 1. The molecule has 0 radical (unpaired) electrons. The van der Waals surface area contributed by atoms with Crippen LogP contribution < -0.4 is 10.9 Å². The lowest BCUT2D eigenvalue weighted by molar-refractivity contribution is -0.384. The number of nitrogens with zero attached hydrogens (tertiary/aromatic N) is 2. The van der Waals surface area contributed by atoms with Crippen molar-refractivity contribution >= 4 is 17.3 Å². The van der Waals surface area contributed by atoms with Gasteiger partial charge in [-0.1, -0.05) is 23.8 Å². The lowest BCUT2D eigenvalue weighted by atomic mass is 10.1. The van der Waals surface area contributed by atoms with Crippen LogP contribution in [0.4, 0.5) is 11.4 Å². The number of aryl methyl sites for hydroxylation is 3. The van der Waals surface area contributed by atoms with Crippen LogP contribution in [0.15, 0.2) is 59.5 Å². The number of nitrogens with one attached hydrogen (secondary N) is 1. The highest BCUT2D eigenvalue weighted by Gasteiger charge is 2.13. The van der Waals surface area contributed by atoms with Crippen LogP contribution in [0, 0.1) is 30.9 Å². The number of anilines is 1. The van der Waals surface area contributed by atoms with Crippen LogP contribution in [-0.4, -0.2) is 15.4 Å². The molecule has 0 spiro atoms. The number of aromatic nitrogens is 1. The van der Waals surface area contributed by atoms with Gasteiger partial charge in [-0.25, -0.2) is 0 Å². The second-order valence-electron chi connectivity index (χ2n) is 7.02. The van der Waals surface area contributed by atoms with E-state index < -0.39 is 10.8 Å². The van der Waals surface area contributed by atoms with E-state index in [1.165, 1.54) is 41.1 Å². The number of amides is 1. The van der Waals surface area contributed by atoms with E-state index in [1.807, 2.05) is 32.0 Å². The number of hydrogen-bond acceptors (Lipinski definition) is 4. The maximum Gasteiger partial charge on any atom is 0.269 e. The third kappa shape index (κ3) is 4.57. The molecule has 0 saturated heterocycles. The average molecular weight is 391 g/mol. The van der Waals surface area contributed by atoms with E-state index in [4.69, 9.17) is 0 Å². The molecule has 0 aliphatic carbocycles. The Morgan fingerprint density at radius 1 is 1.03 bits per heavy atom. The monoisotopic (exact) mass is 391 g/mol. The van der Waals surface area contributed by atoms with Crippen LogP contribution in [-0.2, 0) is 6.54 Å². The topological polar surface area (TPSA) is 94.2 Å². The van der Waals surface area contributed by atoms with E-state index in [-0.39, 0.29) is 11.2 Å². The molecule has 2 aromatic carbocycles. The van der Waals surface area contributed by atoms with Gasteiger partial charge >= 0.3 is 0 Å². The van der Waals surface area contributed by atoms with Gasteiger partial charge in [0, 0.05) is 30.1 Å². The van der Waals surface area contributed by atoms with Gasteiger partial charge in [0.25, 0.3) is 17.2 Å². The fourth-order valence-electron chi connectivity index (χ4n) is 3.04. The maximum atomic E-state index is 12.7. The Kier molecular flexibility index (Phi) is 5.59. The Hall–Kier alpha value is -3.74. The van der Waals surface area contributed by atoms with Crippen LogP contribution in [0.25, 0.3) is 0 Å². The summed E-state index contributed by atoms with van der Waals surface area (Å²) in [6.07, 6.45) is 1.53. The molecular formula is C22H21N3O4. The lowest BCUT2D eigenvalue weighted by Gasteiger charge is -2.12. The van der Waals surface area contributed by atoms with Crippen LogP contribution in [0.1, 0.15) is 32.6 Å². The number of nitro groups is 1. The molecular weight excluding hydrogens is 370 g/mol. The van der Waals surface area contributed by atoms with E-state index in [0.717, 1.165) is 16.7 Å². The van der Waals surface area contributed by atoms with E-state index in [9.17, 15) is 19.7 Å². The van der Waals surface area contributed by atoms with Gasteiger partial charge in [-0.2, -0.15) is 0 Å². The molecule has 0 aliphatic heterocycles. The number of non-ortho nitro benzene ring substituents is 1. The zero-order valence-corrected chi connectivity index (χ0v) is 16.4. The van der Waals surface area contributed by atoms with Crippen molar-refractivity contribution in [1.82, 2.24) is 4.57 Å². The number of benzene rings is 2. The highest BCUT2D eigenvalue weighted by molar-refractivity contribution is 6.04. The summed E-state index contributed by atoms with van der Waals surface area (Å²) >= 11 is 0. The second kappa shape index (κ2) is 8.10. The van der Waals surface area contributed by atoms with Crippen molar-refractivity contribution in [2.75, 3.05) is 5.32 Å². The molecule has 0 saturated carbocycles. The number of hydrogen-bond donors (Lipinski definition) is 1. The van der Waals surface area contributed by atoms with Gasteiger partial charge in [0.05, 0.1) is 17.0 Å². The standard InChI is InChI=1S/C22H21N3O4/c1-14-4-5-15(2)18(10-14)13-24-12-17(6-9-21(24)26)22(27)23-20-8-7-19(25(28)29)11-16(20)3/h4-12H,13H2,1-3H3,(H,23,27). The zero-order chi connectivity index (χ0) is 21.1. The molecule has 3 rings (SSSR count). The van der Waals surface area contributed by atoms with Gasteiger partial charge < -0.3 is 9.88 Å². The summed E-state index contributed by atoms with van der Waals surface area (Å²) in [5.74, 6) is -0.392. The molecule has 0 atom stereocenters. The fraction of sp³-hybridized carbons (Fsp3) is 0.182. The van der Waals surface area contributed by atoms with Gasteiger partial charge in [0.1, 0.15) is 0 Å². The van der Waals surface area contributed by atoms with Gasteiger partial charge in [-0.3, -0.25) is 19.7 Å². The summed E-state index contributed by atoms with van der Waals surface area (Å²) < 4.78 is 1.50. The first-order chi connectivity index (χ1) is 13.7. The number of carbonyl (C=O) groups is 1. The summed E-state index contributed by atoms with van der Waals surface area (Å²) in [5.41, 5.74) is 4.32. The fourth-order valence-corrected chi connectivity index (χ4v) is 3.04. The molecule has 0 bridgehead atoms. The SMILES string of the molecule is Cc1ccc(C)c(Cn2cc(C(=O)Nc3ccc([N+](=O)[O-])cc3C)ccc2=O)c1. The largest absolute Gasteiger partial charge is 0.322 e. The van der Waals surface area contributed by atoms with Crippen molar-refractivity contribution in [3.63, 3.8) is 0 Å². The molecule has 3 aromatic rings. The summed E-state index contributed by atoms with van der Waals surface area (Å²) in [6, 6.07) is 13.1. The summed E-state index contributed by atoms with van der Waals surface area (Å²) in [4.78, 5) is 35.3. The zero-order valence-electron chi connectivity index (χ0n) is 16.4. The first-order valence-corrected chi connectivity index (χ1v) is 9.07. The van der Waals surface area contributed by atoms with Crippen molar-refractivity contribution in [2.45, 2.75) is 27.3 Å². The number of rotatable bonds is 5. The minimum Gasteiger partial charge on any atom is -0.322 e. The molecule has 0 unspecified atom stereocenters. The predicted octanol–water partition coefficient (Wildman–Crippen LogP) is 3.98. The molecule has 148 valence electrons. The van der Waals surface area contributed by atoms with Gasteiger partial charge in [0.15, 0.2) is 0 Å². The van der Waals surface area contributed by atoms with E-state index >= 15 is 0 Å². The normalized spacial score (nSPS) is 10.6. The van der Waals surface area contributed by atoms with Crippen molar-refractivity contribution in [2.24, 2.45) is 0 Å².